The van der Waals surface area contributed by atoms with E-state index in [1.807, 2.05) is 60.7 Å². The van der Waals surface area contributed by atoms with Gasteiger partial charge in [0.15, 0.2) is 23.3 Å². The first kappa shape index (κ1) is 38.8. The molecule has 9 aromatic carbocycles. The van der Waals surface area contributed by atoms with E-state index in [1.54, 1.807) is 12.1 Å². The zero-order valence-electron chi connectivity index (χ0n) is 34.3. The van der Waals surface area contributed by atoms with E-state index < -0.39 is 23.3 Å². The molecular formula is C56H38F4N4. The van der Waals surface area contributed by atoms with Crippen molar-refractivity contribution in [2.24, 2.45) is 0 Å². The zero-order valence-corrected chi connectivity index (χ0v) is 34.3. The van der Waals surface area contributed by atoms with Gasteiger partial charge in [0.2, 0.25) is 0 Å². The van der Waals surface area contributed by atoms with Gasteiger partial charge in [0.25, 0.3) is 0 Å². The molecule has 4 nitrogen and oxygen atoms in total. The van der Waals surface area contributed by atoms with E-state index in [2.05, 4.69) is 128 Å². The van der Waals surface area contributed by atoms with E-state index in [-0.39, 0.29) is 0 Å². The van der Waals surface area contributed by atoms with Gasteiger partial charge in [-0.1, -0.05) is 84.9 Å². The molecule has 0 aliphatic carbocycles. The number of halogens is 4. The van der Waals surface area contributed by atoms with Crippen molar-refractivity contribution in [3.05, 3.63) is 241 Å². The van der Waals surface area contributed by atoms with Crippen LogP contribution in [0.4, 0.5) is 51.7 Å². The fourth-order valence-electron chi connectivity index (χ4n) is 9.14. The molecule has 0 aliphatic heterocycles. The molecule has 11 aromatic rings. The van der Waals surface area contributed by atoms with E-state index in [9.17, 15) is 17.6 Å². The second-order valence-electron chi connectivity index (χ2n) is 16.0. The number of benzene rings is 9. The summed E-state index contributed by atoms with van der Waals surface area (Å²) in [6.07, 6.45) is 0. The maximum atomic E-state index is 14.4. The average Bonchev–Trinajstić information content (AvgIpc) is 3.81. The molecule has 0 bridgehead atoms. The SMILES string of the molecule is Fc1ccc(Cn2c3ccccc3c3cc(N(c4ccc(N(c5ccccc5)c5ccccc5)cc4)c4ccc5c(c4)c4ccccc4n5Cc4ccc(F)c(F)c4)ccc32)cc1F. The lowest BCUT2D eigenvalue weighted by Gasteiger charge is -2.28. The molecule has 0 saturated carbocycles. The quantitative estimate of drug-likeness (QED) is 0.128. The highest BCUT2D eigenvalue weighted by Gasteiger charge is 2.21. The summed E-state index contributed by atoms with van der Waals surface area (Å²) < 4.78 is 61.1. The van der Waals surface area contributed by atoms with Crippen molar-refractivity contribution >= 4 is 77.7 Å². The molecule has 8 heteroatoms. The molecule has 310 valence electrons. The summed E-state index contributed by atoms with van der Waals surface area (Å²) in [6.45, 7) is 0.715. The fourth-order valence-corrected chi connectivity index (χ4v) is 9.14. The van der Waals surface area contributed by atoms with E-state index in [0.717, 1.165) is 77.7 Å². The largest absolute Gasteiger partial charge is 0.336 e. The van der Waals surface area contributed by atoms with Crippen molar-refractivity contribution in [3.63, 3.8) is 0 Å². The molecule has 0 spiro atoms. The first-order valence-electron chi connectivity index (χ1n) is 21.1. The van der Waals surface area contributed by atoms with Crippen molar-refractivity contribution in [3.8, 4) is 0 Å². The van der Waals surface area contributed by atoms with Crippen LogP contribution in [-0.4, -0.2) is 9.13 Å². The topological polar surface area (TPSA) is 16.3 Å². The number of rotatable bonds is 10. The monoisotopic (exact) mass is 842 g/mol. The van der Waals surface area contributed by atoms with Crippen LogP contribution in [0.15, 0.2) is 206 Å². The number of aromatic nitrogens is 2. The van der Waals surface area contributed by atoms with E-state index in [1.165, 1.54) is 24.3 Å². The van der Waals surface area contributed by atoms with Gasteiger partial charge < -0.3 is 18.9 Å². The minimum atomic E-state index is -0.873. The third kappa shape index (κ3) is 6.90. The molecule has 0 atom stereocenters. The summed E-state index contributed by atoms with van der Waals surface area (Å²) >= 11 is 0. The predicted molar refractivity (Wildman–Crippen MR) is 253 cm³/mol. The van der Waals surface area contributed by atoms with Crippen molar-refractivity contribution in [1.29, 1.82) is 0 Å². The van der Waals surface area contributed by atoms with E-state index in [4.69, 9.17) is 0 Å². The van der Waals surface area contributed by atoms with Gasteiger partial charge in [0.1, 0.15) is 0 Å². The summed E-state index contributed by atoms with van der Waals surface area (Å²) in [4.78, 5) is 4.48. The molecule has 0 N–H and O–H groups in total. The summed E-state index contributed by atoms with van der Waals surface area (Å²) in [5, 5.41) is 4.10. The molecule has 0 amide bonds. The van der Waals surface area contributed by atoms with Gasteiger partial charge in [-0.05, 0) is 132 Å². The highest BCUT2D eigenvalue weighted by Crippen LogP contribution is 2.43. The predicted octanol–water partition coefficient (Wildman–Crippen LogP) is 15.5. The Balaban J connectivity index is 1.08. The number of hydrogen-bond acceptors (Lipinski definition) is 2. The van der Waals surface area contributed by atoms with Crippen LogP contribution >= 0.6 is 0 Å². The van der Waals surface area contributed by atoms with Crippen LogP contribution in [0, 0.1) is 23.3 Å². The highest BCUT2D eigenvalue weighted by atomic mass is 19.2. The molecule has 2 heterocycles. The fraction of sp³-hybridized carbons (Fsp3) is 0.0357. The lowest BCUT2D eigenvalue weighted by Crippen LogP contribution is -2.12. The first-order chi connectivity index (χ1) is 31.4. The Morgan fingerprint density at radius 3 is 1.05 bits per heavy atom. The van der Waals surface area contributed by atoms with Crippen LogP contribution < -0.4 is 9.80 Å². The number of anilines is 6. The van der Waals surface area contributed by atoms with Crippen molar-refractivity contribution in [2.75, 3.05) is 9.80 Å². The molecule has 0 fully saturated rings. The van der Waals surface area contributed by atoms with Gasteiger partial charge in [-0.2, -0.15) is 0 Å². The molecule has 0 unspecified atom stereocenters. The minimum Gasteiger partial charge on any atom is -0.336 e. The molecule has 11 rings (SSSR count). The third-order valence-electron chi connectivity index (χ3n) is 12.1. The van der Waals surface area contributed by atoms with Gasteiger partial charge in [0.05, 0.1) is 0 Å². The van der Waals surface area contributed by atoms with Gasteiger partial charge in [-0.15, -0.1) is 0 Å². The van der Waals surface area contributed by atoms with Crippen LogP contribution in [0.1, 0.15) is 11.1 Å². The van der Waals surface area contributed by atoms with Crippen LogP contribution in [0.5, 0.6) is 0 Å². The average molecular weight is 843 g/mol. The minimum absolute atomic E-state index is 0.357. The summed E-state index contributed by atoms with van der Waals surface area (Å²) in [7, 11) is 0. The zero-order chi connectivity index (χ0) is 43.3. The second-order valence-corrected chi connectivity index (χ2v) is 16.0. The van der Waals surface area contributed by atoms with Crippen LogP contribution in [0.25, 0.3) is 43.6 Å². The number of fused-ring (bicyclic) bond motifs is 6. The third-order valence-corrected chi connectivity index (χ3v) is 12.1. The number of hydrogen-bond donors (Lipinski definition) is 0. The van der Waals surface area contributed by atoms with E-state index >= 15 is 0 Å². The normalized spacial score (nSPS) is 11.6. The Hall–Kier alpha value is -8.10. The molecule has 0 aliphatic rings. The Morgan fingerprint density at radius 1 is 0.281 bits per heavy atom. The van der Waals surface area contributed by atoms with Crippen LogP contribution in [-0.2, 0) is 13.1 Å². The Kier molecular flexibility index (Phi) is 9.69. The Morgan fingerprint density at radius 2 is 0.625 bits per heavy atom. The number of para-hydroxylation sites is 4. The lowest BCUT2D eigenvalue weighted by molar-refractivity contribution is 0.506. The second kappa shape index (κ2) is 16.0. The van der Waals surface area contributed by atoms with Gasteiger partial charge in [-0.25, -0.2) is 17.6 Å². The summed E-state index contributed by atoms with van der Waals surface area (Å²) in [6, 6.07) is 66.4. The molecule has 64 heavy (non-hydrogen) atoms. The maximum Gasteiger partial charge on any atom is 0.159 e. The molecule has 0 saturated heterocycles. The Labute approximate surface area is 366 Å². The summed E-state index contributed by atoms with van der Waals surface area (Å²) in [5.74, 6) is -3.49. The lowest BCUT2D eigenvalue weighted by atomic mass is 10.1. The van der Waals surface area contributed by atoms with Gasteiger partial charge in [-0.3, -0.25) is 0 Å². The van der Waals surface area contributed by atoms with Crippen molar-refractivity contribution < 1.29 is 17.6 Å². The highest BCUT2D eigenvalue weighted by molar-refractivity contribution is 6.11. The van der Waals surface area contributed by atoms with Crippen molar-refractivity contribution in [2.45, 2.75) is 13.1 Å². The van der Waals surface area contributed by atoms with Crippen LogP contribution in [0.3, 0.4) is 0 Å². The molecular weight excluding hydrogens is 805 g/mol. The number of nitrogens with zero attached hydrogens (tertiary/aromatic N) is 4. The molecule has 0 radical (unpaired) electrons. The van der Waals surface area contributed by atoms with Gasteiger partial charge >= 0.3 is 0 Å². The molecule has 2 aromatic heterocycles. The first-order valence-corrected chi connectivity index (χ1v) is 21.1. The summed E-state index contributed by atoms with van der Waals surface area (Å²) in [5.41, 5.74) is 11.0. The van der Waals surface area contributed by atoms with E-state index in [0.29, 0.717) is 24.2 Å². The van der Waals surface area contributed by atoms with Gasteiger partial charge in [0, 0.05) is 90.8 Å². The smallest absolute Gasteiger partial charge is 0.159 e. The van der Waals surface area contributed by atoms with Crippen molar-refractivity contribution in [1.82, 2.24) is 9.13 Å². The van der Waals surface area contributed by atoms with Crippen LogP contribution in [0.2, 0.25) is 0 Å². The standard InChI is InChI=1S/C56H38F4N4/c57-49-27-19-37(31-51(49)59)35-61-53-17-9-7-15-45(53)47-33-43(25-29-55(47)61)64(42-23-21-41(22-24-42)63(39-11-3-1-4-12-39)40-13-5-2-6-14-40)44-26-30-56-48(34-44)46-16-8-10-18-54(46)62(56)36-38-20-28-50(58)52(60)32-38/h1-34H,35-36H2. The Bertz CT molecular complexity index is 3300. The maximum absolute atomic E-state index is 14.4.